The van der Waals surface area contributed by atoms with E-state index in [9.17, 15) is 0 Å². The van der Waals surface area contributed by atoms with Crippen molar-refractivity contribution in [1.82, 2.24) is 0 Å². The normalized spacial score (nSPS) is 11.4. The fourth-order valence-electron chi connectivity index (χ4n) is 2.31. The maximum absolute atomic E-state index is 5.69. The molecule has 0 saturated heterocycles. The van der Waals surface area contributed by atoms with Crippen LogP contribution in [0.25, 0.3) is 0 Å². The molecule has 0 radical (unpaired) electrons. The van der Waals surface area contributed by atoms with Crippen LogP contribution in [0.4, 0.5) is 0 Å². The molecule has 0 aliphatic rings. The van der Waals surface area contributed by atoms with Crippen molar-refractivity contribution in [3.8, 4) is 5.75 Å². The van der Waals surface area contributed by atoms with Crippen LogP contribution in [0.3, 0.4) is 0 Å². The second-order valence-electron chi connectivity index (χ2n) is 6.08. The number of ether oxygens (including phenoxy) is 2. The lowest BCUT2D eigenvalue weighted by Crippen LogP contribution is -2.41. The van der Waals surface area contributed by atoms with Gasteiger partial charge < -0.3 is 14.0 Å². The number of para-hydroxylation sites is 1. The smallest absolute Gasteiger partial charge is 0.119 e. The standard InChI is InChI=1S/C19H26NO2/c1-20(2,17-18-9-5-3-6-10-18)13-14-21-15-16-22-19-11-7-4-8-12-19/h3-12H,13-17H2,1-2H3/q+1. The average Bonchev–Trinajstić information content (AvgIpc) is 2.52. The van der Waals surface area contributed by atoms with Crippen LogP contribution in [0.5, 0.6) is 5.75 Å². The first kappa shape index (κ1) is 16.5. The molecular weight excluding hydrogens is 274 g/mol. The van der Waals surface area contributed by atoms with Gasteiger partial charge in [-0.25, -0.2) is 0 Å². The molecule has 0 spiro atoms. The molecule has 2 aromatic carbocycles. The van der Waals surface area contributed by atoms with Gasteiger partial charge in [0, 0.05) is 5.56 Å². The number of benzene rings is 2. The molecule has 22 heavy (non-hydrogen) atoms. The molecule has 2 aromatic rings. The van der Waals surface area contributed by atoms with Crippen LogP contribution in [-0.2, 0) is 11.3 Å². The van der Waals surface area contributed by atoms with E-state index in [1.54, 1.807) is 0 Å². The molecule has 3 nitrogen and oxygen atoms in total. The highest BCUT2D eigenvalue weighted by molar-refractivity contribution is 5.20. The number of nitrogens with zero attached hydrogens (tertiary/aromatic N) is 1. The summed E-state index contributed by atoms with van der Waals surface area (Å²) in [4.78, 5) is 0. The molecule has 0 heterocycles. The molecule has 0 N–H and O–H groups in total. The highest BCUT2D eigenvalue weighted by Crippen LogP contribution is 2.09. The molecule has 0 bridgehead atoms. The van der Waals surface area contributed by atoms with Gasteiger partial charge in [0.1, 0.15) is 25.4 Å². The van der Waals surface area contributed by atoms with E-state index in [4.69, 9.17) is 9.47 Å². The molecule has 0 unspecified atom stereocenters. The first-order valence-electron chi connectivity index (χ1n) is 7.77. The molecule has 0 aliphatic heterocycles. The Morgan fingerprint density at radius 2 is 1.41 bits per heavy atom. The lowest BCUT2D eigenvalue weighted by atomic mass is 10.2. The van der Waals surface area contributed by atoms with Gasteiger partial charge in [0.2, 0.25) is 0 Å². The van der Waals surface area contributed by atoms with Crippen LogP contribution in [0, 0.1) is 0 Å². The Labute approximate surface area is 133 Å². The van der Waals surface area contributed by atoms with E-state index < -0.39 is 0 Å². The maximum Gasteiger partial charge on any atom is 0.119 e. The van der Waals surface area contributed by atoms with E-state index >= 15 is 0 Å². The summed E-state index contributed by atoms with van der Waals surface area (Å²) < 4.78 is 12.2. The monoisotopic (exact) mass is 300 g/mol. The summed E-state index contributed by atoms with van der Waals surface area (Å²) in [5.41, 5.74) is 1.36. The van der Waals surface area contributed by atoms with Crippen molar-refractivity contribution in [2.45, 2.75) is 6.54 Å². The van der Waals surface area contributed by atoms with Gasteiger partial charge in [-0.2, -0.15) is 0 Å². The van der Waals surface area contributed by atoms with Crippen molar-refractivity contribution in [3.05, 3.63) is 66.2 Å². The SMILES string of the molecule is C[N+](C)(CCOCCOc1ccccc1)Cc1ccccc1. The van der Waals surface area contributed by atoms with Gasteiger partial charge in [-0.1, -0.05) is 48.5 Å². The number of quaternary nitrogens is 1. The minimum absolute atomic E-state index is 0.593. The zero-order chi connectivity index (χ0) is 15.7. The van der Waals surface area contributed by atoms with Crippen molar-refractivity contribution in [2.75, 3.05) is 40.5 Å². The predicted octanol–water partition coefficient (Wildman–Crippen LogP) is 3.36. The Morgan fingerprint density at radius 1 is 0.773 bits per heavy atom. The number of likely N-dealkylation sites (N-methyl/N-ethyl adjacent to an activating group) is 1. The number of hydrogen-bond acceptors (Lipinski definition) is 2. The average molecular weight is 300 g/mol. The van der Waals surface area contributed by atoms with Gasteiger partial charge in [-0.15, -0.1) is 0 Å². The van der Waals surface area contributed by atoms with Gasteiger partial charge in [-0.05, 0) is 12.1 Å². The highest BCUT2D eigenvalue weighted by Gasteiger charge is 2.15. The van der Waals surface area contributed by atoms with E-state index in [1.165, 1.54) is 5.56 Å². The van der Waals surface area contributed by atoms with Crippen LogP contribution in [-0.4, -0.2) is 44.9 Å². The molecule has 3 heteroatoms. The lowest BCUT2D eigenvalue weighted by Gasteiger charge is -2.29. The number of rotatable bonds is 9. The topological polar surface area (TPSA) is 18.5 Å². The third-order valence-corrected chi connectivity index (χ3v) is 3.53. The van der Waals surface area contributed by atoms with Crippen LogP contribution in [0.15, 0.2) is 60.7 Å². The van der Waals surface area contributed by atoms with Crippen LogP contribution < -0.4 is 4.74 Å². The van der Waals surface area contributed by atoms with Gasteiger partial charge in [0.25, 0.3) is 0 Å². The van der Waals surface area contributed by atoms with Gasteiger partial charge in [0.05, 0.1) is 27.3 Å². The molecule has 2 rings (SSSR count). The Kier molecular flexibility index (Phi) is 6.44. The Morgan fingerprint density at radius 3 is 2.09 bits per heavy atom. The van der Waals surface area contributed by atoms with Gasteiger partial charge in [-0.3, -0.25) is 0 Å². The molecule has 0 saturated carbocycles. The predicted molar refractivity (Wildman–Crippen MR) is 89.9 cm³/mol. The van der Waals surface area contributed by atoms with Gasteiger partial charge in [0.15, 0.2) is 0 Å². The van der Waals surface area contributed by atoms with Crippen molar-refractivity contribution < 1.29 is 14.0 Å². The van der Waals surface area contributed by atoms with Crippen LogP contribution in [0.2, 0.25) is 0 Å². The molecule has 0 aliphatic carbocycles. The highest BCUT2D eigenvalue weighted by atomic mass is 16.5. The van der Waals surface area contributed by atoms with Crippen LogP contribution in [0.1, 0.15) is 5.56 Å². The zero-order valence-electron chi connectivity index (χ0n) is 13.6. The summed E-state index contributed by atoms with van der Waals surface area (Å²) >= 11 is 0. The minimum Gasteiger partial charge on any atom is -0.491 e. The van der Waals surface area contributed by atoms with E-state index in [-0.39, 0.29) is 0 Å². The Hall–Kier alpha value is -1.84. The van der Waals surface area contributed by atoms with Gasteiger partial charge >= 0.3 is 0 Å². The van der Waals surface area contributed by atoms with E-state index in [2.05, 4.69) is 44.4 Å². The van der Waals surface area contributed by atoms with Crippen molar-refractivity contribution in [3.63, 3.8) is 0 Å². The summed E-state index contributed by atoms with van der Waals surface area (Å²) in [7, 11) is 4.47. The zero-order valence-corrected chi connectivity index (χ0v) is 13.6. The third-order valence-electron chi connectivity index (χ3n) is 3.53. The first-order chi connectivity index (χ1) is 10.7. The second kappa shape index (κ2) is 8.57. The fraction of sp³-hybridized carbons (Fsp3) is 0.368. The summed E-state index contributed by atoms with van der Waals surface area (Å²) in [5.74, 6) is 0.895. The summed E-state index contributed by atoms with van der Waals surface area (Å²) in [5, 5.41) is 0. The summed E-state index contributed by atoms with van der Waals surface area (Å²) in [6.07, 6.45) is 0. The molecule has 0 fully saturated rings. The first-order valence-corrected chi connectivity index (χ1v) is 7.77. The minimum atomic E-state index is 0.593. The van der Waals surface area contributed by atoms with Crippen LogP contribution >= 0.6 is 0 Å². The van der Waals surface area contributed by atoms with Crippen molar-refractivity contribution in [1.29, 1.82) is 0 Å². The van der Waals surface area contributed by atoms with E-state index in [0.29, 0.717) is 13.2 Å². The lowest BCUT2D eigenvalue weighted by molar-refractivity contribution is -0.904. The third kappa shape index (κ3) is 6.29. The molecule has 0 aromatic heterocycles. The second-order valence-corrected chi connectivity index (χ2v) is 6.08. The molecule has 0 amide bonds. The summed E-state index contributed by atoms with van der Waals surface area (Å²) in [6, 6.07) is 20.4. The Balaban J connectivity index is 1.59. The Bertz CT molecular complexity index is 526. The number of hydrogen-bond donors (Lipinski definition) is 0. The fourth-order valence-corrected chi connectivity index (χ4v) is 2.31. The van der Waals surface area contributed by atoms with E-state index in [1.807, 2.05) is 30.3 Å². The quantitative estimate of drug-likeness (QED) is 0.522. The largest absolute Gasteiger partial charge is 0.491 e. The molecule has 0 atom stereocenters. The molecular formula is C19H26NO2+. The van der Waals surface area contributed by atoms with E-state index in [0.717, 1.165) is 29.9 Å². The van der Waals surface area contributed by atoms with Crippen molar-refractivity contribution >= 4 is 0 Å². The van der Waals surface area contributed by atoms with Crippen molar-refractivity contribution in [2.24, 2.45) is 0 Å². The maximum atomic E-state index is 5.69. The summed E-state index contributed by atoms with van der Waals surface area (Å²) in [6.45, 7) is 3.97. The molecule has 118 valence electrons.